The van der Waals surface area contributed by atoms with Gasteiger partial charge in [-0.2, -0.15) is 5.10 Å². The number of hydrogen-bond acceptors (Lipinski definition) is 4. The zero-order valence-corrected chi connectivity index (χ0v) is 16.9. The van der Waals surface area contributed by atoms with Gasteiger partial charge in [-0.3, -0.25) is 9.36 Å². The maximum atomic E-state index is 12.7. The molecule has 0 radical (unpaired) electrons. The second kappa shape index (κ2) is 8.06. The van der Waals surface area contributed by atoms with E-state index >= 15 is 0 Å². The Labute approximate surface area is 169 Å². The highest BCUT2D eigenvalue weighted by atomic mass is 16.2. The Kier molecular flexibility index (Phi) is 5.33. The van der Waals surface area contributed by atoms with Gasteiger partial charge >= 0.3 is 5.69 Å². The summed E-state index contributed by atoms with van der Waals surface area (Å²) in [5.41, 5.74) is 2.42. The third-order valence-electron chi connectivity index (χ3n) is 5.42. The third-order valence-corrected chi connectivity index (χ3v) is 5.42. The molecule has 8 heteroatoms. The largest absolute Gasteiger partial charge is 0.352 e. The van der Waals surface area contributed by atoms with Crippen LogP contribution in [-0.4, -0.2) is 36.4 Å². The van der Waals surface area contributed by atoms with Gasteiger partial charge in [-0.1, -0.05) is 6.07 Å². The molecule has 0 spiro atoms. The molecular formula is C21H26N6O2. The Balaban J connectivity index is 1.37. The van der Waals surface area contributed by atoms with E-state index in [0.717, 1.165) is 48.8 Å². The quantitative estimate of drug-likeness (QED) is 0.648. The molecule has 1 N–H and O–H groups in total. The van der Waals surface area contributed by atoms with E-state index in [2.05, 4.69) is 15.4 Å². The first-order valence-electron chi connectivity index (χ1n) is 10.1. The molecule has 3 aromatic rings. The smallest absolute Gasteiger partial charge is 0.345 e. The van der Waals surface area contributed by atoms with E-state index in [4.69, 9.17) is 0 Å². The topological polar surface area (TPSA) is 86.7 Å². The van der Waals surface area contributed by atoms with Crippen molar-refractivity contribution in [2.24, 2.45) is 0 Å². The summed E-state index contributed by atoms with van der Waals surface area (Å²) in [6.45, 7) is 5.64. The van der Waals surface area contributed by atoms with Crippen molar-refractivity contribution in [3.63, 3.8) is 0 Å². The van der Waals surface area contributed by atoms with Gasteiger partial charge in [-0.15, -0.1) is 0 Å². The molecule has 0 fully saturated rings. The first-order valence-corrected chi connectivity index (χ1v) is 10.1. The molecule has 4 rings (SSSR count). The molecule has 1 aliphatic rings. The molecule has 0 saturated carbocycles. The van der Waals surface area contributed by atoms with Crippen molar-refractivity contribution < 1.29 is 4.79 Å². The summed E-state index contributed by atoms with van der Waals surface area (Å²) in [5.74, 6) is 1.56. The van der Waals surface area contributed by atoms with Gasteiger partial charge in [0.15, 0.2) is 0 Å². The standard InChI is InChI=1S/C21H26N6O2/c1-15-14-17(16(2)27(15)18-8-3-5-10-22-18)20(28)23-11-7-13-26-21(29)25-12-6-4-9-19(25)24-26/h3,5,8,10,14H,4,6-7,9,11-13H2,1-2H3,(H,23,28). The van der Waals surface area contributed by atoms with Crippen LogP contribution in [0.25, 0.3) is 5.82 Å². The Morgan fingerprint density at radius 1 is 1.24 bits per heavy atom. The van der Waals surface area contributed by atoms with Crippen LogP contribution in [0, 0.1) is 13.8 Å². The molecule has 8 nitrogen and oxygen atoms in total. The van der Waals surface area contributed by atoms with E-state index in [9.17, 15) is 9.59 Å². The fourth-order valence-corrected chi connectivity index (χ4v) is 3.95. The molecule has 0 atom stereocenters. The number of rotatable bonds is 6. The first kappa shape index (κ1) is 19.2. The lowest BCUT2D eigenvalue weighted by molar-refractivity contribution is 0.0952. The summed E-state index contributed by atoms with van der Waals surface area (Å²) in [4.78, 5) is 29.4. The van der Waals surface area contributed by atoms with Crippen LogP contribution in [0.5, 0.6) is 0 Å². The zero-order valence-electron chi connectivity index (χ0n) is 16.9. The van der Waals surface area contributed by atoms with Crippen molar-refractivity contribution in [3.05, 3.63) is 63.7 Å². The van der Waals surface area contributed by atoms with Gasteiger partial charge < -0.3 is 9.88 Å². The molecular weight excluding hydrogens is 368 g/mol. The van der Waals surface area contributed by atoms with Gasteiger partial charge in [0, 0.05) is 43.6 Å². The summed E-state index contributed by atoms with van der Waals surface area (Å²) in [6.07, 6.45) is 5.38. The number of carbonyl (C=O) groups excluding carboxylic acids is 1. The first-order chi connectivity index (χ1) is 14.1. The number of amides is 1. The predicted octanol–water partition coefficient (Wildman–Crippen LogP) is 2.00. The van der Waals surface area contributed by atoms with Crippen molar-refractivity contribution in [2.45, 2.75) is 52.6 Å². The van der Waals surface area contributed by atoms with Crippen molar-refractivity contribution in [1.29, 1.82) is 0 Å². The van der Waals surface area contributed by atoms with Crippen molar-refractivity contribution >= 4 is 5.91 Å². The van der Waals surface area contributed by atoms with Gasteiger partial charge in [0.25, 0.3) is 5.91 Å². The minimum Gasteiger partial charge on any atom is -0.352 e. The lowest BCUT2D eigenvalue weighted by atomic mass is 10.2. The fourth-order valence-electron chi connectivity index (χ4n) is 3.95. The van der Waals surface area contributed by atoms with Gasteiger partial charge in [-0.05, 0) is 51.3 Å². The molecule has 0 aliphatic carbocycles. The highest BCUT2D eigenvalue weighted by molar-refractivity contribution is 5.95. The van der Waals surface area contributed by atoms with E-state index in [1.165, 1.54) is 4.68 Å². The fraction of sp³-hybridized carbons (Fsp3) is 0.429. The Morgan fingerprint density at radius 2 is 2.10 bits per heavy atom. The van der Waals surface area contributed by atoms with Gasteiger partial charge in [0.05, 0.1) is 5.56 Å². The SMILES string of the molecule is Cc1cc(C(=O)NCCCn2nc3n(c2=O)CCCC3)c(C)n1-c1ccccn1. The Bertz CT molecular complexity index is 1080. The molecule has 4 heterocycles. The summed E-state index contributed by atoms with van der Waals surface area (Å²) in [6, 6.07) is 7.60. The molecule has 0 aromatic carbocycles. The van der Waals surface area contributed by atoms with Crippen molar-refractivity contribution in [3.8, 4) is 5.82 Å². The second-order valence-electron chi connectivity index (χ2n) is 7.45. The zero-order chi connectivity index (χ0) is 20.4. The highest BCUT2D eigenvalue weighted by Gasteiger charge is 2.18. The molecule has 0 unspecified atom stereocenters. The highest BCUT2D eigenvalue weighted by Crippen LogP contribution is 2.19. The van der Waals surface area contributed by atoms with Crippen LogP contribution in [0.15, 0.2) is 35.3 Å². The Morgan fingerprint density at radius 3 is 2.86 bits per heavy atom. The molecule has 1 amide bonds. The van der Waals surface area contributed by atoms with Gasteiger partial charge in [0.2, 0.25) is 0 Å². The molecule has 0 saturated heterocycles. The van der Waals surface area contributed by atoms with E-state index in [1.807, 2.05) is 42.7 Å². The number of hydrogen-bond donors (Lipinski definition) is 1. The average Bonchev–Trinajstić information content (AvgIpc) is 3.22. The number of nitrogens with zero attached hydrogens (tertiary/aromatic N) is 5. The van der Waals surface area contributed by atoms with E-state index in [-0.39, 0.29) is 11.6 Å². The average molecular weight is 394 g/mol. The molecule has 1 aliphatic heterocycles. The van der Waals surface area contributed by atoms with E-state index in [1.54, 1.807) is 10.8 Å². The second-order valence-corrected chi connectivity index (χ2v) is 7.45. The molecule has 3 aromatic heterocycles. The number of fused-ring (bicyclic) bond motifs is 1. The molecule has 29 heavy (non-hydrogen) atoms. The van der Waals surface area contributed by atoms with E-state index in [0.29, 0.717) is 25.1 Å². The lowest BCUT2D eigenvalue weighted by Gasteiger charge is -2.09. The van der Waals surface area contributed by atoms with Crippen LogP contribution in [0.4, 0.5) is 0 Å². The monoisotopic (exact) mass is 394 g/mol. The summed E-state index contributed by atoms with van der Waals surface area (Å²) < 4.78 is 5.28. The maximum Gasteiger partial charge on any atom is 0.345 e. The number of pyridine rings is 1. The van der Waals surface area contributed by atoms with Crippen LogP contribution in [0.1, 0.15) is 46.8 Å². The number of aryl methyl sites for hydroxylation is 3. The minimum absolute atomic E-state index is 0.0371. The van der Waals surface area contributed by atoms with E-state index < -0.39 is 0 Å². The normalized spacial score (nSPS) is 13.3. The van der Waals surface area contributed by atoms with Crippen LogP contribution >= 0.6 is 0 Å². The third kappa shape index (κ3) is 3.74. The van der Waals surface area contributed by atoms with Crippen LogP contribution in [0.2, 0.25) is 0 Å². The minimum atomic E-state index is -0.114. The molecule has 152 valence electrons. The summed E-state index contributed by atoms with van der Waals surface area (Å²) in [7, 11) is 0. The van der Waals surface area contributed by atoms with Crippen molar-refractivity contribution in [2.75, 3.05) is 6.54 Å². The van der Waals surface area contributed by atoms with Gasteiger partial charge in [-0.25, -0.2) is 14.5 Å². The van der Waals surface area contributed by atoms with Crippen LogP contribution < -0.4 is 11.0 Å². The van der Waals surface area contributed by atoms with Crippen LogP contribution in [-0.2, 0) is 19.5 Å². The number of aromatic nitrogens is 5. The maximum absolute atomic E-state index is 12.7. The molecule has 0 bridgehead atoms. The van der Waals surface area contributed by atoms with Crippen LogP contribution in [0.3, 0.4) is 0 Å². The number of nitrogens with one attached hydrogen (secondary N) is 1. The lowest BCUT2D eigenvalue weighted by Crippen LogP contribution is -2.29. The van der Waals surface area contributed by atoms with Crippen molar-refractivity contribution in [1.82, 2.24) is 29.2 Å². The summed E-state index contributed by atoms with van der Waals surface area (Å²) >= 11 is 0. The predicted molar refractivity (Wildman–Crippen MR) is 109 cm³/mol. The summed E-state index contributed by atoms with van der Waals surface area (Å²) in [5, 5.41) is 7.39. The number of carbonyl (C=O) groups is 1. The van der Waals surface area contributed by atoms with Gasteiger partial charge in [0.1, 0.15) is 11.6 Å². The Hall–Kier alpha value is -3.16.